The van der Waals surface area contributed by atoms with E-state index in [1.165, 1.54) is 23.9 Å². The fourth-order valence-electron chi connectivity index (χ4n) is 3.30. The van der Waals surface area contributed by atoms with E-state index in [0.29, 0.717) is 16.3 Å². The highest BCUT2D eigenvalue weighted by molar-refractivity contribution is 6.37. The first-order valence-corrected chi connectivity index (χ1v) is 9.71. The Kier molecular flexibility index (Phi) is 5.62. The zero-order valence-corrected chi connectivity index (χ0v) is 17.8. The van der Waals surface area contributed by atoms with Crippen molar-refractivity contribution < 1.29 is 19.1 Å². The molecule has 9 nitrogen and oxygen atoms in total. The van der Waals surface area contributed by atoms with Gasteiger partial charge >= 0.3 is 5.97 Å². The molecule has 0 fully saturated rings. The largest absolute Gasteiger partial charge is 0.497 e. The normalized spacial score (nSPS) is 15.2. The predicted octanol–water partition coefficient (Wildman–Crippen LogP) is 3.31. The van der Waals surface area contributed by atoms with Gasteiger partial charge in [-0.1, -0.05) is 40.4 Å². The van der Waals surface area contributed by atoms with Gasteiger partial charge in [0.15, 0.2) is 5.78 Å². The number of nitrogens with one attached hydrogen (secondary N) is 1. The standard InChI is InChI=1S/C20H15Cl2N5O4/c1-30-12-6-3-10(4-7-12)17-15(18(28)13-8-5-11(21)9-14(13)22)16(19(29)31-2)23-20-24-25-26-27(17)20/h3-9,17H,1-2H3,(H,23,24,26). The minimum atomic E-state index is -0.828. The Morgan fingerprint density at radius 1 is 1.10 bits per heavy atom. The summed E-state index contributed by atoms with van der Waals surface area (Å²) in [5, 5.41) is 14.9. The first-order chi connectivity index (χ1) is 14.9. The number of nitrogens with zero attached hydrogens (tertiary/aromatic N) is 4. The number of tetrazole rings is 1. The number of Topliss-reactive ketones (excluding diaryl/α,β-unsaturated/α-hetero) is 1. The van der Waals surface area contributed by atoms with Crippen LogP contribution in [0.1, 0.15) is 22.0 Å². The van der Waals surface area contributed by atoms with Crippen LogP contribution in [-0.2, 0) is 9.53 Å². The summed E-state index contributed by atoms with van der Waals surface area (Å²) in [6, 6.07) is 10.6. The van der Waals surface area contributed by atoms with Gasteiger partial charge in [-0.2, -0.15) is 4.68 Å². The third kappa shape index (κ3) is 3.73. The van der Waals surface area contributed by atoms with Crippen molar-refractivity contribution in [2.75, 3.05) is 19.5 Å². The maximum atomic E-state index is 13.7. The number of ether oxygens (including phenoxy) is 2. The molecule has 31 heavy (non-hydrogen) atoms. The highest BCUT2D eigenvalue weighted by Gasteiger charge is 2.39. The summed E-state index contributed by atoms with van der Waals surface area (Å²) in [4.78, 5) is 26.3. The van der Waals surface area contributed by atoms with Crippen LogP contribution in [0.4, 0.5) is 5.95 Å². The number of esters is 1. The molecule has 1 unspecified atom stereocenters. The Bertz CT molecular complexity index is 1210. The highest BCUT2D eigenvalue weighted by Crippen LogP contribution is 2.38. The Morgan fingerprint density at radius 3 is 2.48 bits per heavy atom. The Balaban J connectivity index is 1.95. The molecule has 2 aromatic carbocycles. The van der Waals surface area contributed by atoms with Crippen LogP contribution in [0.15, 0.2) is 53.7 Å². The predicted molar refractivity (Wildman–Crippen MR) is 112 cm³/mol. The van der Waals surface area contributed by atoms with E-state index in [4.69, 9.17) is 32.7 Å². The van der Waals surface area contributed by atoms with Gasteiger partial charge in [-0.05, 0) is 46.3 Å². The zero-order valence-electron chi connectivity index (χ0n) is 16.3. The summed E-state index contributed by atoms with van der Waals surface area (Å²) in [7, 11) is 2.76. The molecule has 1 atom stereocenters. The number of benzene rings is 2. The lowest BCUT2D eigenvalue weighted by Gasteiger charge is -2.28. The number of hydrogen-bond donors (Lipinski definition) is 1. The quantitative estimate of drug-likeness (QED) is 0.457. The summed E-state index contributed by atoms with van der Waals surface area (Å²) < 4.78 is 11.5. The number of rotatable bonds is 5. The number of allylic oxidation sites excluding steroid dienone is 1. The van der Waals surface area contributed by atoms with Crippen molar-refractivity contribution in [1.82, 2.24) is 20.2 Å². The Morgan fingerprint density at radius 2 is 1.84 bits per heavy atom. The number of methoxy groups -OCH3 is 2. The second-order valence-corrected chi connectivity index (χ2v) is 7.32. The van der Waals surface area contributed by atoms with Gasteiger partial charge in [-0.3, -0.25) is 4.79 Å². The van der Waals surface area contributed by atoms with Gasteiger partial charge < -0.3 is 14.8 Å². The number of ketones is 1. The summed E-state index contributed by atoms with van der Waals surface area (Å²) in [6.45, 7) is 0. The number of anilines is 1. The van der Waals surface area contributed by atoms with Crippen LogP contribution in [0.5, 0.6) is 5.75 Å². The molecular formula is C20H15Cl2N5O4. The highest BCUT2D eigenvalue weighted by atomic mass is 35.5. The van der Waals surface area contributed by atoms with Crippen molar-refractivity contribution in [3.63, 3.8) is 0 Å². The summed E-state index contributed by atoms with van der Waals surface area (Å²) in [5.41, 5.74) is 0.799. The van der Waals surface area contributed by atoms with E-state index in [1.807, 2.05) is 0 Å². The van der Waals surface area contributed by atoms with Crippen LogP contribution in [0.2, 0.25) is 10.0 Å². The molecule has 0 aliphatic carbocycles. The maximum absolute atomic E-state index is 13.7. The first kappa shape index (κ1) is 20.8. The summed E-state index contributed by atoms with van der Waals surface area (Å²) in [6.07, 6.45) is 0. The van der Waals surface area contributed by atoms with Crippen molar-refractivity contribution in [3.8, 4) is 5.75 Å². The molecule has 1 aromatic heterocycles. The molecule has 0 saturated heterocycles. The lowest BCUT2D eigenvalue weighted by Crippen LogP contribution is -2.33. The molecule has 158 valence electrons. The van der Waals surface area contributed by atoms with Gasteiger partial charge in [0.05, 0.1) is 24.8 Å². The first-order valence-electron chi connectivity index (χ1n) is 8.95. The molecule has 0 spiro atoms. The molecule has 1 aliphatic rings. The fraction of sp³-hybridized carbons (Fsp3) is 0.150. The van der Waals surface area contributed by atoms with Gasteiger partial charge in [0.2, 0.25) is 5.95 Å². The van der Waals surface area contributed by atoms with Crippen molar-refractivity contribution >= 4 is 40.9 Å². The van der Waals surface area contributed by atoms with E-state index in [2.05, 4.69) is 20.8 Å². The molecule has 0 radical (unpaired) electrons. The maximum Gasteiger partial charge on any atom is 0.355 e. The fourth-order valence-corrected chi connectivity index (χ4v) is 3.80. The van der Waals surface area contributed by atoms with Gasteiger partial charge in [0.1, 0.15) is 17.5 Å². The van der Waals surface area contributed by atoms with E-state index < -0.39 is 17.8 Å². The van der Waals surface area contributed by atoms with Crippen molar-refractivity contribution in [3.05, 3.63) is 74.9 Å². The van der Waals surface area contributed by atoms with Gasteiger partial charge in [0.25, 0.3) is 0 Å². The average molecular weight is 460 g/mol. The lowest BCUT2D eigenvalue weighted by molar-refractivity contribution is -0.136. The lowest BCUT2D eigenvalue weighted by atomic mass is 9.89. The number of fused-ring (bicyclic) bond motifs is 1. The minimum Gasteiger partial charge on any atom is -0.497 e. The SMILES string of the molecule is COC(=O)C1=C(C(=O)c2ccc(Cl)cc2Cl)C(c2ccc(OC)cc2)n2nnnc2N1. The minimum absolute atomic E-state index is 0.0704. The molecule has 0 amide bonds. The van der Waals surface area contributed by atoms with E-state index in [9.17, 15) is 9.59 Å². The molecule has 3 aromatic rings. The third-order valence-electron chi connectivity index (χ3n) is 4.76. The Labute approximate surface area is 186 Å². The number of hydrogen-bond acceptors (Lipinski definition) is 8. The zero-order chi connectivity index (χ0) is 22.1. The van der Waals surface area contributed by atoms with Crippen molar-refractivity contribution in [2.45, 2.75) is 6.04 Å². The van der Waals surface area contributed by atoms with Crippen LogP contribution in [0, 0.1) is 0 Å². The van der Waals surface area contributed by atoms with Gasteiger partial charge in [-0.25, -0.2) is 4.79 Å². The number of aromatic nitrogens is 4. The molecule has 4 rings (SSSR count). The summed E-state index contributed by atoms with van der Waals surface area (Å²) >= 11 is 12.3. The van der Waals surface area contributed by atoms with Crippen LogP contribution < -0.4 is 10.1 Å². The molecule has 0 saturated carbocycles. The molecule has 1 N–H and O–H groups in total. The van der Waals surface area contributed by atoms with Gasteiger partial charge in [-0.15, -0.1) is 0 Å². The molecular weight excluding hydrogens is 445 g/mol. The van der Waals surface area contributed by atoms with E-state index >= 15 is 0 Å². The third-order valence-corrected chi connectivity index (χ3v) is 5.31. The van der Waals surface area contributed by atoms with E-state index in [0.717, 1.165) is 0 Å². The number of carbonyl (C=O) groups is 2. The van der Waals surface area contributed by atoms with E-state index in [1.54, 1.807) is 37.4 Å². The molecule has 2 heterocycles. The monoisotopic (exact) mass is 459 g/mol. The number of carbonyl (C=O) groups excluding carboxylic acids is 2. The number of halogens is 2. The molecule has 0 bridgehead atoms. The Hall–Kier alpha value is -3.43. The summed E-state index contributed by atoms with van der Waals surface area (Å²) in [5.74, 6) is -0.446. The smallest absolute Gasteiger partial charge is 0.355 e. The second kappa shape index (κ2) is 8.37. The van der Waals surface area contributed by atoms with Crippen LogP contribution in [-0.4, -0.2) is 46.2 Å². The topological polar surface area (TPSA) is 108 Å². The molecule has 11 heteroatoms. The molecule has 1 aliphatic heterocycles. The second-order valence-electron chi connectivity index (χ2n) is 6.48. The van der Waals surface area contributed by atoms with Crippen molar-refractivity contribution in [2.24, 2.45) is 0 Å². The average Bonchev–Trinajstić information content (AvgIpc) is 3.25. The van der Waals surface area contributed by atoms with E-state index in [-0.39, 0.29) is 27.8 Å². The van der Waals surface area contributed by atoms with Crippen LogP contribution in [0.25, 0.3) is 0 Å². The van der Waals surface area contributed by atoms with Gasteiger partial charge in [0, 0.05) is 10.6 Å². The van der Waals surface area contributed by atoms with Crippen LogP contribution >= 0.6 is 23.2 Å². The van der Waals surface area contributed by atoms with Crippen LogP contribution in [0.3, 0.4) is 0 Å². The van der Waals surface area contributed by atoms with Crippen molar-refractivity contribution in [1.29, 1.82) is 0 Å².